The van der Waals surface area contributed by atoms with Crippen LogP contribution in [0.2, 0.25) is 0 Å². The molecule has 0 saturated carbocycles. The molecule has 15 heavy (non-hydrogen) atoms. The lowest BCUT2D eigenvalue weighted by atomic mass is 10.0. The first-order valence-corrected chi connectivity index (χ1v) is 5.13. The summed E-state index contributed by atoms with van der Waals surface area (Å²) >= 11 is 0. The maximum atomic E-state index is 9.59. The Bertz CT molecular complexity index is 277. The van der Waals surface area contributed by atoms with Gasteiger partial charge < -0.3 is 15.9 Å². The highest BCUT2D eigenvalue weighted by molar-refractivity contribution is 5.03. The van der Waals surface area contributed by atoms with E-state index in [0.717, 1.165) is 5.69 Å². The number of pyridine rings is 1. The number of nitrogens with zero attached hydrogens (tertiary/aromatic N) is 1. The molecule has 1 aromatic heterocycles. The second-order valence-electron chi connectivity index (χ2n) is 3.78. The highest BCUT2D eigenvalue weighted by Gasteiger charge is 2.19. The van der Waals surface area contributed by atoms with Gasteiger partial charge >= 0.3 is 0 Å². The zero-order valence-electron chi connectivity index (χ0n) is 8.87. The molecule has 4 N–H and O–H groups in total. The third-order valence-corrected chi connectivity index (χ3v) is 2.36. The highest BCUT2D eigenvalue weighted by Crippen LogP contribution is 2.07. The number of aliphatic hydroxyl groups is 2. The number of aromatic nitrogens is 1. The molecule has 0 bridgehead atoms. The smallest absolute Gasteiger partial charge is 0.0946 e. The lowest BCUT2D eigenvalue weighted by Gasteiger charge is -2.20. The van der Waals surface area contributed by atoms with Gasteiger partial charge in [0.15, 0.2) is 0 Å². The van der Waals surface area contributed by atoms with Gasteiger partial charge in [-0.3, -0.25) is 4.98 Å². The van der Waals surface area contributed by atoms with E-state index in [2.05, 4.69) is 4.98 Å². The monoisotopic (exact) mass is 210 g/mol. The molecule has 3 atom stereocenters. The van der Waals surface area contributed by atoms with Crippen molar-refractivity contribution in [2.45, 2.75) is 38.0 Å². The van der Waals surface area contributed by atoms with Gasteiger partial charge in [-0.25, -0.2) is 0 Å². The van der Waals surface area contributed by atoms with Crippen LogP contribution in [0.5, 0.6) is 0 Å². The average molecular weight is 210 g/mol. The van der Waals surface area contributed by atoms with Crippen molar-refractivity contribution in [2.75, 3.05) is 0 Å². The Kier molecular flexibility index (Phi) is 4.68. The molecule has 0 aliphatic carbocycles. The molecule has 1 rings (SSSR count). The third kappa shape index (κ3) is 3.95. The molecule has 0 fully saturated rings. The molecule has 0 spiro atoms. The molecule has 4 heteroatoms. The van der Waals surface area contributed by atoms with Crippen molar-refractivity contribution in [1.82, 2.24) is 4.98 Å². The molecule has 1 aromatic rings. The van der Waals surface area contributed by atoms with E-state index in [-0.39, 0.29) is 0 Å². The summed E-state index contributed by atoms with van der Waals surface area (Å²) in [5.41, 5.74) is 6.39. The van der Waals surface area contributed by atoms with E-state index in [4.69, 9.17) is 5.73 Å². The zero-order chi connectivity index (χ0) is 11.3. The van der Waals surface area contributed by atoms with Crippen molar-refractivity contribution >= 4 is 0 Å². The van der Waals surface area contributed by atoms with Gasteiger partial charge in [-0.2, -0.15) is 0 Å². The quantitative estimate of drug-likeness (QED) is 0.643. The van der Waals surface area contributed by atoms with Crippen LogP contribution in [0.4, 0.5) is 0 Å². The van der Waals surface area contributed by atoms with Gasteiger partial charge in [0, 0.05) is 17.9 Å². The molecule has 0 saturated heterocycles. The predicted molar refractivity (Wildman–Crippen MR) is 58.2 cm³/mol. The topological polar surface area (TPSA) is 79.4 Å². The van der Waals surface area contributed by atoms with Crippen LogP contribution in [-0.2, 0) is 6.42 Å². The standard InChI is InChI=1S/C11H18N2O2/c1-8(12)11(15)10(14)6-5-9-4-2-3-7-13-9/h2-4,7-8,10-11,14-15H,5-6,12H2,1H3. The van der Waals surface area contributed by atoms with Crippen LogP contribution in [0.15, 0.2) is 24.4 Å². The Morgan fingerprint density at radius 2 is 2.13 bits per heavy atom. The van der Waals surface area contributed by atoms with Crippen molar-refractivity contribution in [3.05, 3.63) is 30.1 Å². The predicted octanol–water partition coefficient (Wildman–Crippen LogP) is 0.0832. The molecular formula is C11H18N2O2. The molecule has 1 heterocycles. The van der Waals surface area contributed by atoms with E-state index in [9.17, 15) is 10.2 Å². The molecule has 0 aliphatic heterocycles. The fourth-order valence-electron chi connectivity index (χ4n) is 1.36. The highest BCUT2D eigenvalue weighted by atomic mass is 16.3. The summed E-state index contributed by atoms with van der Waals surface area (Å²) in [6.45, 7) is 1.68. The summed E-state index contributed by atoms with van der Waals surface area (Å²) in [5, 5.41) is 19.1. The Morgan fingerprint density at radius 3 is 2.67 bits per heavy atom. The number of aliphatic hydroxyl groups excluding tert-OH is 2. The van der Waals surface area contributed by atoms with Gasteiger partial charge in [0.05, 0.1) is 12.2 Å². The van der Waals surface area contributed by atoms with E-state index in [1.807, 2.05) is 18.2 Å². The first-order valence-electron chi connectivity index (χ1n) is 5.13. The van der Waals surface area contributed by atoms with Gasteiger partial charge in [-0.1, -0.05) is 6.07 Å². The fraction of sp³-hybridized carbons (Fsp3) is 0.545. The maximum Gasteiger partial charge on any atom is 0.0946 e. The zero-order valence-corrected chi connectivity index (χ0v) is 8.87. The van der Waals surface area contributed by atoms with E-state index in [1.54, 1.807) is 13.1 Å². The minimum absolute atomic E-state index is 0.413. The Balaban J connectivity index is 2.37. The summed E-state index contributed by atoms with van der Waals surface area (Å²) in [5.74, 6) is 0. The van der Waals surface area contributed by atoms with E-state index in [0.29, 0.717) is 12.8 Å². The van der Waals surface area contributed by atoms with Crippen LogP contribution in [0.1, 0.15) is 19.0 Å². The average Bonchev–Trinajstić information content (AvgIpc) is 2.26. The lowest BCUT2D eigenvalue weighted by Crippen LogP contribution is -2.41. The molecule has 4 nitrogen and oxygen atoms in total. The van der Waals surface area contributed by atoms with Crippen molar-refractivity contribution < 1.29 is 10.2 Å². The summed E-state index contributed by atoms with van der Waals surface area (Å²) in [4.78, 5) is 4.13. The molecule has 3 unspecified atom stereocenters. The van der Waals surface area contributed by atoms with Crippen LogP contribution in [0, 0.1) is 0 Å². The number of aryl methyl sites for hydroxylation is 1. The molecular weight excluding hydrogens is 192 g/mol. The Morgan fingerprint density at radius 1 is 1.40 bits per heavy atom. The van der Waals surface area contributed by atoms with Crippen LogP contribution < -0.4 is 5.73 Å². The van der Waals surface area contributed by atoms with Crippen molar-refractivity contribution in [2.24, 2.45) is 5.73 Å². The first kappa shape index (κ1) is 12.1. The second kappa shape index (κ2) is 5.80. The largest absolute Gasteiger partial charge is 0.390 e. The van der Waals surface area contributed by atoms with Gasteiger partial charge in [-0.15, -0.1) is 0 Å². The van der Waals surface area contributed by atoms with Crippen LogP contribution in [0.3, 0.4) is 0 Å². The van der Waals surface area contributed by atoms with Gasteiger partial charge in [0.25, 0.3) is 0 Å². The molecule has 0 radical (unpaired) electrons. The Labute approximate surface area is 89.8 Å². The maximum absolute atomic E-state index is 9.59. The van der Waals surface area contributed by atoms with E-state index >= 15 is 0 Å². The number of nitrogens with two attached hydrogens (primary N) is 1. The molecule has 84 valence electrons. The third-order valence-electron chi connectivity index (χ3n) is 2.36. The lowest BCUT2D eigenvalue weighted by molar-refractivity contribution is 0.00318. The summed E-state index contributed by atoms with van der Waals surface area (Å²) < 4.78 is 0. The van der Waals surface area contributed by atoms with E-state index in [1.165, 1.54) is 0 Å². The van der Waals surface area contributed by atoms with Crippen LogP contribution in [-0.4, -0.2) is 33.4 Å². The number of rotatable bonds is 5. The second-order valence-corrected chi connectivity index (χ2v) is 3.78. The van der Waals surface area contributed by atoms with Crippen molar-refractivity contribution in [3.63, 3.8) is 0 Å². The fourth-order valence-corrected chi connectivity index (χ4v) is 1.36. The molecule has 0 amide bonds. The minimum Gasteiger partial charge on any atom is -0.390 e. The van der Waals surface area contributed by atoms with E-state index < -0.39 is 18.2 Å². The van der Waals surface area contributed by atoms with Crippen molar-refractivity contribution in [3.8, 4) is 0 Å². The van der Waals surface area contributed by atoms with Gasteiger partial charge in [0.2, 0.25) is 0 Å². The summed E-state index contributed by atoms with van der Waals surface area (Å²) in [6, 6.07) is 5.22. The normalized spacial score (nSPS) is 17.1. The first-order chi connectivity index (χ1) is 7.11. The SMILES string of the molecule is CC(N)C(O)C(O)CCc1ccccn1. The minimum atomic E-state index is -0.867. The summed E-state index contributed by atoms with van der Waals surface area (Å²) in [6.07, 6.45) is 1.18. The van der Waals surface area contributed by atoms with Gasteiger partial charge in [-0.05, 0) is 31.9 Å². The van der Waals surface area contributed by atoms with Gasteiger partial charge in [0.1, 0.15) is 0 Å². The number of hydrogen-bond donors (Lipinski definition) is 3. The summed E-state index contributed by atoms with van der Waals surface area (Å²) in [7, 11) is 0. The molecule has 0 aliphatic rings. The molecule has 0 aromatic carbocycles. The van der Waals surface area contributed by atoms with Crippen LogP contribution >= 0.6 is 0 Å². The van der Waals surface area contributed by atoms with Crippen molar-refractivity contribution in [1.29, 1.82) is 0 Å². The Hall–Kier alpha value is -0.970. The van der Waals surface area contributed by atoms with Crippen LogP contribution in [0.25, 0.3) is 0 Å². The number of hydrogen-bond acceptors (Lipinski definition) is 4.